The van der Waals surface area contributed by atoms with Crippen molar-refractivity contribution in [2.24, 2.45) is 5.73 Å². The summed E-state index contributed by atoms with van der Waals surface area (Å²) in [5.74, 6) is 0.312. The molecule has 0 heterocycles. The monoisotopic (exact) mass is 285 g/mol. The molecule has 1 aromatic carbocycles. The molecule has 1 aromatic rings. The standard InChI is InChI=1S/C14H23NO3S/c1-3-11(9-13(16)10-15)12-5-7-14(8-6-12)19(17,18)4-2/h5-8,11,13,16H,3-4,9-10,15H2,1-2H3. The van der Waals surface area contributed by atoms with Gasteiger partial charge in [-0.3, -0.25) is 0 Å². The van der Waals surface area contributed by atoms with Crippen molar-refractivity contribution in [1.82, 2.24) is 0 Å². The highest BCUT2D eigenvalue weighted by Gasteiger charge is 2.16. The second-order valence-electron chi connectivity index (χ2n) is 4.70. The van der Waals surface area contributed by atoms with Gasteiger partial charge in [0.2, 0.25) is 0 Å². The molecule has 2 unspecified atom stereocenters. The van der Waals surface area contributed by atoms with E-state index in [2.05, 4.69) is 0 Å². The van der Waals surface area contributed by atoms with E-state index in [1.54, 1.807) is 19.1 Å². The van der Waals surface area contributed by atoms with Gasteiger partial charge in [-0.15, -0.1) is 0 Å². The second kappa shape index (κ2) is 7.03. The fraction of sp³-hybridized carbons (Fsp3) is 0.571. The molecule has 0 aromatic heterocycles. The maximum absolute atomic E-state index is 11.7. The third-order valence-electron chi connectivity index (χ3n) is 3.41. The first-order chi connectivity index (χ1) is 8.94. The molecular formula is C14H23NO3S. The Morgan fingerprint density at radius 1 is 1.21 bits per heavy atom. The number of hydrogen-bond acceptors (Lipinski definition) is 4. The van der Waals surface area contributed by atoms with Crippen molar-refractivity contribution in [3.8, 4) is 0 Å². The van der Waals surface area contributed by atoms with Gasteiger partial charge < -0.3 is 10.8 Å². The van der Waals surface area contributed by atoms with E-state index in [1.807, 2.05) is 19.1 Å². The molecule has 3 N–H and O–H groups in total. The van der Waals surface area contributed by atoms with Crippen LogP contribution in [0.1, 0.15) is 38.2 Å². The van der Waals surface area contributed by atoms with Crippen LogP contribution in [-0.4, -0.2) is 31.9 Å². The Hall–Kier alpha value is -0.910. The highest BCUT2D eigenvalue weighted by Crippen LogP contribution is 2.26. The lowest BCUT2D eigenvalue weighted by Crippen LogP contribution is -2.22. The van der Waals surface area contributed by atoms with Crippen molar-refractivity contribution in [3.05, 3.63) is 29.8 Å². The third-order valence-corrected chi connectivity index (χ3v) is 5.16. The Balaban J connectivity index is 2.91. The number of aliphatic hydroxyl groups is 1. The van der Waals surface area contributed by atoms with Crippen molar-refractivity contribution in [3.63, 3.8) is 0 Å². The first-order valence-electron chi connectivity index (χ1n) is 6.65. The minimum Gasteiger partial charge on any atom is -0.392 e. The summed E-state index contributed by atoms with van der Waals surface area (Å²) < 4.78 is 23.4. The highest BCUT2D eigenvalue weighted by molar-refractivity contribution is 7.91. The van der Waals surface area contributed by atoms with E-state index in [0.29, 0.717) is 11.3 Å². The lowest BCUT2D eigenvalue weighted by molar-refractivity contribution is 0.162. The summed E-state index contributed by atoms with van der Waals surface area (Å²) in [6.07, 6.45) is 0.980. The van der Waals surface area contributed by atoms with E-state index >= 15 is 0 Å². The summed E-state index contributed by atoms with van der Waals surface area (Å²) >= 11 is 0. The van der Waals surface area contributed by atoms with Crippen LogP contribution < -0.4 is 5.73 Å². The van der Waals surface area contributed by atoms with Crippen LogP contribution in [0.4, 0.5) is 0 Å². The molecule has 4 nitrogen and oxygen atoms in total. The largest absolute Gasteiger partial charge is 0.392 e. The molecule has 108 valence electrons. The number of hydrogen-bond donors (Lipinski definition) is 2. The van der Waals surface area contributed by atoms with Crippen LogP contribution in [0, 0.1) is 0 Å². The van der Waals surface area contributed by atoms with Gasteiger partial charge in [0.05, 0.1) is 16.8 Å². The van der Waals surface area contributed by atoms with Crippen LogP contribution in [0.15, 0.2) is 29.2 Å². The summed E-state index contributed by atoms with van der Waals surface area (Å²) in [6.45, 7) is 3.93. The number of sulfone groups is 1. The Morgan fingerprint density at radius 2 is 1.79 bits per heavy atom. The minimum atomic E-state index is -3.14. The van der Waals surface area contributed by atoms with Crippen LogP contribution in [0.5, 0.6) is 0 Å². The quantitative estimate of drug-likeness (QED) is 0.799. The number of benzene rings is 1. The lowest BCUT2D eigenvalue weighted by atomic mass is 9.91. The average Bonchev–Trinajstić information content (AvgIpc) is 2.44. The third kappa shape index (κ3) is 4.30. The van der Waals surface area contributed by atoms with Gasteiger partial charge in [-0.2, -0.15) is 0 Å². The zero-order valence-electron chi connectivity index (χ0n) is 11.5. The van der Waals surface area contributed by atoms with Crippen LogP contribution >= 0.6 is 0 Å². The fourth-order valence-electron chi connectivity index (χ4n) is 2.08. The molecule has 0 saturated carbocycles. The van der Waals surface area contributed by atoms with Crippen molar-refractivity contribution < 1.29 is 13.5 Å². The predicted molar refractivity (Wildman–Crippen MR) is 76.9 cm³/mol. The van der Waals surface area contributed by atoms with Crippen LogP contribution in [0.25, 0.3) is 0 Å². The van der Waals surface area contributed by atoms with Crippen LogP contribution in [0.3, 0.4) is 0 Å². The molecule has 2 atom stereocenters. The van der Waals surface area contributed by atoms with Gasteiger partial charge in [0.15, 0.2) is 9.84 Å². The predicted octanol–water partition coefficient (Wildman–Crippen LogP) is 1.68. The summed E-state index contributed by atoms with van der Waals surface area (Å²) in [5.41, 5.74) is 6.47. The van der Waals surface area contributed by atoms with Crippen molar-refractivity contribution in [2.45, 2.75) is 43.6 Å². The fourth-order valence-corrected chi connectivity index (χ4v) is 2.96. The van der Waals surface area contributed by atoms with Gasteiger partial charge in [0.1, 0.15) is 0 Å². The van der Waals surface area contributed by atoms with Gasteiger partial charge >= 0.3 is 0 Å². The summed E-state index contributed by atoms with van der Waals surface area (Å²) in [7, 11) is -3.14. The number of aliphatic hydroxyl groups excluding tert-OH is 1. The van der Waals surface area contributed by atoms with E-state index in [0.717, 1.165) is 12.0 Å². The number of nitrogens with two attached hydrogens (primary N) is 1. The molecular weight excluding hydrogens is 262 g/mol. The molecule has 0 fully saturated rings. The topological polar surface area (TPSA) is 80.4 Å². The molecule has 0 aliphatic heterocycles. The molecule has 1 rings (SSSR count). The summed E-state index contributed by atoms with van der Waals surface area (Å²) in [5, 5.41) is 9.62. The van der Waals surface area contributed by atoms with E-state index in [-0.39, 0.29) is 18.2 Å². The molecule has 0 amide bonds. The molecule has 19 heavy (non-hydrogen) atoms. The van der Waals surface area contributed by atoms with E-state index in [9.17, 15) is 13.5 Å². The molecule has 0 aliphatic carbocycles. The first-order valence-corrected chi connectivity index (χ1v) is 8.30. The Bertz CT molecular complexity index is 482. The van der Waals surface area contributed by atoms with Gasteiger partial charge in [0, 0.05) is 6.54 Å². The summed E-state index contributed by atoms with van der Waals surface area (Å²) in [6, 6.07) is 6.96. The number of rotatable bonds is 7. The van der Waals surface area contributed by atoms with Crippen molar-refractivity contribution >= 4 is 9.84 Å². The molecule has 0 aliphatic rings. The average molecular weight is 285 g/mol. The molecule has 0 radical (unpaired) electrons. The molecule has 0 spiro atoms. The van der Waals surface area contributed by atoms with E-state index in [1.165, 1.54) is 0 Å². The molecule has 5 heteroatoms. The van der Waals surface area contributed by atoms with Gasteiger partial charge in [-0.05, 0) is 36.5 Å². The van der Waals surface area contributed by atoms with E-state index < -0.39 is 15.9 Å². The molecule has 0 bridgehead atoms. The van der Waals surface area contributed by atoms with Crippen molar-refractivity contribution in [1.29, 1.82) is 0 Å². The molecule has 0 saturated heterocycles. The smallest absolute Gasteiger partial charge is 0.178 e. The normalized spacial score (nSPS) is 15.2. The maximum atomic E-state index is 11.7. The SMILES string of the molecule is CCC(CC(O)CN)c1ccc(S(=O)(=O)CC)cc1. The first kappa shape index (κ1) is 16.1. The lowest BCUT2D eigenvalue weighted by Gasteiger charge is -2.18. The summed E-state index contributed by atoms with van der Waals surface area (Å²) in [4.78, 5) is 0.355. The zero-order valence-corrected chi connectivity index (χ0v) is 12.4. The second-order valence-corrected chi connectivity index (χ2v) is 6.98. The van der Waals surface area contributed by atoms with Gasteiger partial charge in [-0.25, -0.2) is 8.42 Å². The minimum absolute atomic E-state index is 0.107. The van der Waals surface area contributed by atoms with Gasteiger partial charge in [0.25, 0.3) is 0 Å². The zero-order chi connectivity index (χ0) is 14.5. The van der Waals surface area contributed by atoms with E-state index in [4.69, 9.17) is 5.73 Å². The Labute approximate surface area is 115 Å². The van der Waals surface area contributed by atoms with Crippen molar-refractivity contribution in [2.75, 3.05) is 12.3 Å². The van der Waals surface area contributed by atoms with Crippen LogP contribution in [-0.2, 0) is 9.84 Å². The van der Waals surface area contributed by atoms with Gasteiger partial charge in [-0.1, -0.05) is 26.0 Å². The Morgan fingerprint density at radius 3 is 2.21 bits per heavy atom. The highest BCUT2D eigenvalue weighted by atomic mass is 32.2. The van der Waals surface area contributed by atoms with Crippen LogP contribution in [0.2, 0.25) is 0 Å². The Kier molecular flexibility index (Phi) is 5.97. The maximum Gasteiger partial charge on any atom is 0.178 e.